The van der Waals surface area contributed by atoms with E-state index < -0.39 is 15.8 Å². The number of likely N-dealkylation sites (N-methyl/N-ethyl adjacent to an activating group) is 1. The molecule has 0 aliphatic rings. The van der Waals surface area contributed by atoms with Crippen LogP contribution in [-0.2, 0) is 10.0 Å². The Bertz CT molecular complexity index is 403. The van der Waals surface area contributed by atoms with Crippen molar-refractivity contribution in [2.75, 3.05) is 20.1 Å². The Morgan fingerprint density at radius 3 is 2.33 bits per heavy atom. The Morgan fingerprint density at radius 1 is 1.20 bits per heavy atom. The van der Waals surface area contributed by atoms with Gasteiger partial charge in [-0.3, -0.25) is 0 Å². The van der Waals surface area contributed by atoms with Gasteiger partial charge in [0.2, 0.25) is 10.0 Å². The lowest BCUT2D eigenvalue weighted by Crippen LogP contribution is -2.30. The van der Waals surface area contributed by atoms with Crippen molar-refractivity contribution in [3.05, 3.63) is 30.1 Å². The van der Waals surface area contributed by atoms with Crippen LogP contribution >= 0.6 is 0 Å². The zero-order valence-electron chi connectivity index (χ0n) is 8.33. The van der Waals surface area contributed by atoms with Gasteiger partial charge < -0.3 is 5.32 Å². The molecule has 4 nitrogen and oxygen atoms in total. The molecule has 84 valence electrons. The second-order valence-corrected chi connectivity index (χ2v) is 4.72. The molecule has 15 heavy (non-hydrogen) atoms. The third kappa shape index (κ3) is 3.58. The predicted octanol–water partition coefficient (Wildman–Crippen LogP) is 0.323. The Hall–Kier alpha value is -0.980. The van der Waals surface area contributed by atoms with Crippen molar-refractivity contribution in [1.82, 2.24) is 10.0 Å². The first-order chi connectivity index (χ1) is 7.06. The van der Waals surface area contributed by atoms with Gasteiger partial charge in [-0.15, -0.1) is 0 Å². The van der Waals surface area contributed by atoms with Gasteiger partial charge >= 0.3 is 0 Å². The number of hydrogen-bond acceptors (Lipinski definition) is 3. The van der Waals surface area contributed by atoms with Gasteiger partial charge in [0.25, 0.3) is 0 Å². The molecule has 0 aliphatic heterocycles. The molecule has 0 radical (unpaired) electrons. The highest BCUT2D eigenvalue weighted by atomic mass is 32.2. The average molecular weight is 232 g/mol. The van der Waals surface area contributed by atoms with Gasteiger partial charge in [-0.2, -0.15) is 0 Å². The van der Waals surface area contributed by atoms with Crippen LogP contribution in [0, 0.1) is 5.82 Å². The Morgan fingerprint density at radius 2 is 1.80 bits per heavy atom. The normalized spacial score (nSPS) is 11.6. The molecule has 1 aromatic rings. The fourth-order valence-corrected chi connectivity index (χ4v) is 2.04. The van der Waals surface area contributed by atoms with Crippen LogP contribution in [0.15, 0.2) is 29.2 Å². The highest BCUT2D eigenvalue weighted by Crippen LogP contribution is 2.08. The number of rotatable bonds is 5. The van der Waals surface area contributed by atoms with Crippen LogP contribution in [0.5, 0.6) is 0 Å². The largest absolute Gasteiger partial charge is 0.318 e. The quantitative estimate of drug-likeness (QED) is 0.719. The molecule has 0 amide bonds. The van der Waals surface area contributed by atoms with Crippen LogP contribution < -0.4 is 10.0 Å². The summed E-state index contributed by atoms with van der Waals surface area (Å²) >= 11 is 0. The zero-order valence-corrected chi connectivity index (χ0v) is 9.14. The number of sulfonamides is 1. The second kappa shape index (κ2) is 5.20. The van der Waals surface area contributed by atoms with Crippen molar-refractivity contribution in [3.63, 3.8) is 0 Å². The molecule has 2 N–H and O–H groups in total. The van der Waals surface area contributed by atoms with E-state index in [4.69, 9.17) is 0 Å². The summed E-state index contributed by atoms with van der Waals surface area (Å²) in [6, 6.07) is 4.70. The van der Waals surface area contributed by atoms with Crippen molar-refractivity contribution in [1.29, 1.82) is 0 Å². The first kappa shape index (κ1) is 12.1. The van der Waals surface area contributed by atoms with Gasteiger partial charge in [0, 0.05) is 13.1 Å². The number of halogens is 1. The topological polar surface area (TPSA) is 58.2 Å². The van der Waals surface area contributed by atoms with Crippen molar-refractivity contribution < 1.29 is 12.8 Å². The first-order valence-corrected chi connectivity index (χ1v) is 5.94. The molecule has 0 atom stereocenters. The summed E-state index contributed by atoms with van der Waals surface area (Å²) in [5.41, 5.74) is 0. The Kier molecular flexibility index (Phi) is 4.19. The van der Waals surface area contributed by atoms with Gasteiger partial charge in [-0.25, -0.2) is 17.5 Å². The lowest BCUT2D eigenvalue weighted by Gasteiger charge is -2.05. The molecule has 0 saturated carbocycles. The van der Waals surface area contributed by atoms with Gasteiger partial charge in [0.05, 0.1) is 4.90 Å². The molecule has 0 spiro atoms. The molecule has 0 aromatic heterocycles. The van der Waals surface area contributed by atoms with E-state index in [-0.39, 0.29) is 4.90 Å². The van der Waals surface area contributed by atoms with Gasteiger partial charge in [0.1, 0.15) is 5.82 Å². The standard InChI is InChI=1S/C9H13FN2O2S/c1-11-6-7-12-15(13,14)9-4-2-8(10)3-5-9/h2-5,11-12H,6-7H2,1H3. The zero-order chi connectivity index (χ0) is 11.3. The Balaban J connectivity index is 2.73. The number of hydrogen-bond donors (Lipinski definition) is 2. The molecule has 0 heterocycles. The molecular formula is C9H13FN2O2S. The molecule has 0 aliphatic carbocycles. The van der Waals surface area contributed by atoms with Crippen molar-refractivity contribution in [2.24, 2.45) is 0 Å². The van der Waals surface area contributed by atoms with E-state index in [0.29, 0.717) is 13.1 Å². The molecule has 0 saturated heterocycles. The monoisotopic (exact) mass is 232 g/mol. The Labute approximate surface area is 88.6 Å². The minimum atomic E-state index is -3.51. The lowest BCUT2D eigenvalue weighted by atomic mass is 10.4. The summed E-state index contributed by atoms with van der Waals surface area (Å²) in [7, 11) is -1.78. The van der Waals surface area contributed by atoms with Crippen LogP contribution in [0.25, 0.3) is 0 Å². The van der Waals surface area contributed by atoms with E-state index in [0.717, 1.165) is 12.1 Å². The molecule has 1 aromatic carbocycles. The first-order valence-electron chi connectivity index (χ1n) is 4.46. The number of nitrogens with one attached hydrogen (secondary N) is 2. The van der Waals surface area contributed by atoms with Crippen LogP contribution in [0.4, 0.5) is 4.39 Å². The van der Waals surface area contributed by atoms with E-state index in [9.17, 15) is 12.8 Å². The van der Waals surface area contributed by atoms with E-state index in [1.54, 1.807) is 7.05 Å². The molecule has 0 fully saturated rings. The summed E-state index contributed by atoms with van der Waals surface area (Å²) in [6.45, 7) is 0.844. The van der Waals surface area contributed by atoms with Crippen molar-refractivity contribution in [3.8, 4) is 0 Å². The average Bonchev–Trinajstić information content (AvgIpc) is 2.18. The van der Waals surface area contributed by atoms with Crippen LogP contribution in [-0.4, -0.2) is 28.6 Å². The van der Waals surface area contributed by atoms with E-state index in [2.05, 4.69) is 10.0 Å². The van der Waals surface area contributed by atoms with Gasteiger partial charge in [-0.05, 0) is 31.3 Å². The highest BCUT2D eigenvalue weighted by molar-refractivity contribution is 7.89. The second-order valence-electron chi connectivity index (χ2n) is 2.96. The fraction of sp³-hybridized carbons (Fsp3) is 0.333. The molecule has 0 unspecified atom stereocenters. The maximum absolute atomic E-state index is 12.6. The molecule has 1 rings (SSSR count). The van der Waals surface area contributed by atoms with E-state index in [1.165, 1.54) is 12.1 Å². The molecule has 0 bridgehead atoms. The smallest absolute Gasteiger partial charge is 0.240 e. The van der Waals surface area contributed by atoms with E-state index in [1.807, 2.05) is 0 Å². The number of benzene rings is 1. The minimum Gasteiger partial charge on any atom is -0.318 e. The lowest BCUT2D eigenvalue weighted by molar-refractivity contribution is 0.578. The third-order valence-corrected chi connectivity index (χ3v) is 3.27. The van der Waals surface area contributed by atoms with Gasteiger partial charge in [-0.1, -0.05) is 0 Å². The fourth-order valence-electron chi connectivity index (χ4n) is 1.01. The summed E-state index contributed by atoms with van der Waals surface area (Å²) in [6.07, 6.45) is 0. The summed E-state index contributed by atoms with van der Waals surface area (Å²) in [4.78, 5) is 0.0694. The van der Waals surface area contributed by atoms with Gasteiger partial charge in [0.15, 0.2) is 0 Å². The third-order valence-electron chi connectivity index (χ3n) is 1.79. The van der Waals surface area contributed by atoms with Crippen LogP contribution in [0.1, 0.15) is 0 Å². The van der Waals surface area contributed by atoms with Crippen LogP contribution in [0.2, 0.25) is 0 Å². The summed E-state index contributed by atoms with van der Waals surface area (Å²) in [5, 5.41) is 2.81. The SMILES string of the molecule is CNCCNS(=O)(=O)c1ccc(F)cc1. The van der Waals surface area contributed by atoms with Crippen molar-refractivity contribution in [2.45, 2.75) is 4.90 Å². The van der Waals surface area contributed by atoms with Crippen molar-refractivity contribution >= 4 is 10.0 Å². The maximum atomic E-state index is 12.6. The minimum absolute atomic E-state index is 0.0694. The maximum Gasteiger partial charge on any atom is 0.240 e. The molecular weight excluding hydrogens is 219 g/mol. The van der Waals surface area contributed by atoms with E-state index >= 15 is 0 Å². The highest BCUT2D eigenvalue weighted by Gasteiger charge is 2.12. The van der Waals surface area contributed by atoms with Crippen LogP contribution in [0.3, 0.4) is 0 Å². The summed E-state index contributed by atoms with van der Waals surface area (Å²) < 4.78 is 38.1. The summed E-state index contributed by atoms with van der Waals surface area (Å²) in [5.74, 6) is -0.454. The molecule has 6 heteroatoms. The predicted molar refractivity (Wildman–Crippen MR) is 55.5 cm³/mol.